The van der Waals surface area contributed by atoms with Crippen molar-refractivity contribution in [3.63, 3.8) is 0 Å². The van der Waals surface area contributed by atoms with E-state index in [9.17, 15) is 23.4 Å². The lowest BCUT2D eigenvalue weighted by Crippen LogP contribution is -2.30. The van der Waals surface area contributed by atoms with E-state index in [1.54, 1.807) is 12.1 Å². The maximum absolute atomic E-state index is 11.4. The molecule has 1 aliphatic rings. The highest BCUT2D eigenvalue weighted by Gasteiger charge is 2.34. The maximum atomic E-state index is 11.4. The fourth-order valence-corrected chi connectivity index (χ4v) is 4.07. The molecule has 2 N–H and O–H groups in total. The lowest BCUT2D eigenvalue weighted by Gasteiger charge is -2.27. The van der Waals surface area contributed by atoms with Gasteiger partial charge in [-0.05, 0) is 36.5 Å². The Kier molecular flexibility index (Phi) is 3.80. The molecular formula is C13H16O5S. The Morgan fingerprint density at radius 1 is 1.16 bits per heavy atom. The van der Waals surface area contributed by atoms with Gasteiger partial charge in [0.25, 0.3) is 0 Å². The van der Waals surface area contributed by atoms with Gasteiger partial charge in [-0.25, -0.2) is 8.42 Å². The van der Waals surface area contributed by atoms with Crippen molar-refractivity contribution in [3.05, 3.63) is 29.8 Å². The van der Waals surface area contributed by atoms with Crippen LogP contribution in [0.15, 0.2) is 24.3 Å². The van der Waals surface area contributed by atoms with Gasteiger partial charge in [-0.1, -0.05) is 12.1 Å². The zero-order valence-electron chi connectivity index (χ0n) is 10.3. The monoisotopic (exact) mass is 284 g/mol. The van der Waals surface area contributed by atoms with Crippen molar-refractivity contribution in [1.29, 1.82) is 0 Å². The molecule has 1 saturated heterocycles. The minimum atomic E-state index is -3.00. The average molecular weight is 284 g/mol. The van der Waals surface area contributed by atoms with E-state index in [4.69, 9.17) is 0 Å². The number of aromatic hydroxyl groups is 1. The number of carbonyl (C=O) groups is 1. The zero-order valence-corrected chi connectivity index (χ0v) is 11.1. The smallest absolute Gasteiger partial charge is 0.311 e. The second-order valence-electron chi connectivity index (χ2n) is 4.90. The van der Waals surface area contributed by atoms with Crippen LogP contribution in [0.5, 0.6) is 5.75 Å². The molecule has 1 fully saturated rings. The average Bonchev–Trinajstić information content (AvgIpc) is 2.33. The summed E-state index contributed by atoms with van der Waals surface area (Å²) in [6.07, 6.45) is 0.750. The Hall–Kier alpha value is -1.56. The molecule has 1 aromatic rings. The second kappa shape index (κ2) is 5.21. The molecular weight excluding hydrogens is 268 g/mol. The van der Waals surface area contributed by atoms with Gasteiger partial charge in [0.05, 0.1) is 17.4 Å². The van der Waals surface area contributed by atoms with Crippen LogP contribution in [0.1, 0.15) is 24.3 Å². The van der Waals surface area contributed by atoms with E-state index < -0.39 is 21.7 Å². The van der Waals surface area contributed by atoms with E-state index in [2.05, 4.69) is 0 Å². The number of phenolic OH excluding ortho intramolecular Hbond substituents is 1. The largest absolute Gasteiger partial charge is 0.508 e. The summed E-state index contributed by atoms with van der Waals surface area (Å²) in [5.74, 6) is -1.64. The van der Waals surface area contributed by atoms with E-state index in [0.717, 1.165) is 0 Å². The number of carboxylic acids is 1. The fraction of sp³-hybridized carbons (Fsp3) is 0.462. The topological polar surface area (TPSA) is 91.7 Å². The van der Waals surface area contributed by atoms with Gasteiger partial charge in [0.15, 0.2) is 0 Å². The van der Waals surface area contributed by atoms with Crippen LogP contribution in [0, 0.1) is 5.92 Å². The van der Waals surface area contributed by atoms with Gasteiger partial charge in [0, 0.05) is 0 Å². The molecule has 6 heteroatoms. The van der Waals surface area contributed by atoms with Gasteiger partial charge >= 0.3 is 5.97 Å². The normalized spacial score (nSPS) is 20.8. The third-order valence-electron chi connectivity index (χ3n) is 3.59. The molecule has 0 aliphatic carbocycles. The van der Waals surface area contributed by atoms with Crippen LogP contribution in [0.2, 0.25) is 0 Å². The van der Waals surface area contributed by atoms with Crippen LogP contribution >= 0.6 is 0 Å². The first-order valence-electron chi connectivity index (χ1n) is 6.11. The summed E-state index contributed by atoms with van der Waals surface area (Å²) in [5, 5.41) is 18.6. The van der Waals surface area contributed by atoms with E-state index in [0.29, 0.717) is 18.4 Å². The zero-order chi connectivity index (χ0) is 14.0. The van der Waals surface area contributed by atoms with Crippen LogP contribution in [-0.4, -0.2) is 36.1 Å². The highest BCUT2D eigenvalue weighted by molar-refractivity contribution is 7.91. The second-order valence-corrected chi connectivity index (χ2v) is 7.20. The van der Waals surface area contributed by atoms with Crippen LogP contribution in [0.25, 0.3) is 0 Å². The van der Waals surface area contributed by atoms with Gasteiger partial charge in [-0.2, -0.15) is 0 Å². The predicted octanol–water partition coefficient (Wildman–Crippen LogP) is 1.39. The summed E-state index contributed by atoms with van der Waals surface area (Å²) in [6, 6.07) is 6.06. The number of rotatable bonds is 3. The number of hydrogen-bond acceptors (Lipinski definition) is 4. The molecule has 104 valence electrons. The quantitative estimate of drug-likeness (QED) is 0.875. The summed E-state index contributed by atoms with van der Waals surface area (Å²) in [7, 11) is -3.00. The van der Waals surface area contributed by atoms with E-state index in [1.807, 2.05) is 0 Å². The highest BCUT2D eigenvalue weighted by Crippen LogP contribution is 2.34. The lowest BCUT2D eigenvalue weighted by molar-refractivity contribution is -0.140. The van der Waals surface area contributed by atoms with Gasteiger partial charge in [0.2, 0.25) is 0 Å². The summed E-state index contributed by atoms with van der Waals surface area (Å²) in [6.45, 7) is 0. The van der Waals surface area contributed by atoms with E-state index >= 15 is 0 Å². The molecule has 0 aromatic heterocycles. The van der Waals surface area contributed by atoms with Crippen molar-refractivity contribution in [1.82, 2.24) is 0 Å². The van der Waals surface area contributed by atoms with Crippen LogP contribution in [0.4, 0.5) is 0 Å². The molecule has 1 heterocycles. The van der Waals surface area contributed by atoms with Crippen molar-refractivity contribution in [3.8, 4) is 5.75 Å². The molecule has 2 rings (SSSR count). The third kappa shape index (κ3) is 3.26. The van der Waals surface area contributed by atoms with E-state index in [-0.39, 0.29) is 23.2 Å². The Labute approximate surface area is 111 Å². The van der Waals surface area contributed by atoms with Crippen molar-refractivity contribution in [2.24, 2.45) is 5.92 Å². The molecule has 0 radical (unpaired) electrons. The van der Waals surface area contributed by atoms with Crippen molar-refractivity contribution < 1.29 is 23.4 Å². The number of carboxylic acid groups (broad SMARTS) is 1. The summed E-state index contributed by atoms with van der Waals surface area (Å²) in [4.78, 5) is 11.4. The van der Waals surface area contributed by atoms with Crippen molar-refractivity contribution in [2.45, 2.75) is 18.8 Å². The molecule has 1 atom stereocenters. The first-order valence-corrected chi connectivity index (χ1v) is 7.93. The molecule has 5 nitrogen and oxygen atoms in total. The lowest BCUT2D eigenvalue weighted by atomic mass is 9.82. The minimum Gasteiger partial charge on any atom is -0.508 e. The molecule has 0 spiro atoms. The van der Waals surface area contributed by atoms with Gasteiger partial charge < -0.3 is 10.2 Å². The van der Waals surface area contributed by atoms with Gasteiger partial charge in [-0.3, -0.25) is 4.79 Å². The Morgan fingerprint density at radius 2 is 1.68 bits per heavy atom. The number of phenols is 1. The Balaban J connectivity index is 2.22. The van der Waals surface area contributed by atoms with Crippen LogP contribution < -0.4 is 0 Å². The van der Waals surface area contributed by atoms with Crippen molar-refractivity contribution in [2.75, 3.05) is 11.5 Å². The number of hydrogen-bond donors (Lipinski definition) is 2. The first kappa shape index (κ1) is 13.9. The number of sulfone groups is 1. The molecule has 1 aromatic carbocycles. The first-order chi connectivity index (χ1) is 8.89. The fourth-order valence-electron chi connectivity index (χ4n) is 2.54. The molecule has 19 heavy (non-hydrogen) atoms. The summed E-state index contributed by atoms with van der Waals surface area (Å²) >= 11 is 0. The van der Waals surface area contributed by atoms with Gasteiger partial charge in [0.1, 0.15) is 15.6 Å². The highest BCUT2D eigenvalue weighted by atomic mass is 32.2. The minimum absolute atomic E-state index is 0.0551. The molecule has 1 aliphatic heterocycles. The number of benzene rings is 1. The van der Waals surface area contributed by atoms with E-state index in [1.165, 1.54) is 12.1 Å². The third-order valence-corrected chi connectivity index (χ3v) is 5.30. The van der Waals surface area contributed by atoms with Gasteiger partial charge in [-0.15, -0.1) is 0 Å². The maximum Gasteiger partial charge on any atom is 0.311 e. The van der Waals surface area contributed by atoms with Crippen molar-refractivity contribution >= 4 is 15.8 Å². The summed E-state index contributed by atoms with van der Waals surface area (Å²) < 4.78 is 22.8. The van der Waals surface area contributed by atoms with Crippen LogP contribution in [0.3, 0.4) is 0 Å². The standard InChI is InChI=1S/C13H16O5S/c14-11-3-1-9(2-4-11)12(13(15)16)10-5-7-19(17,18)8-6-10/h1-4,10,12,14H,5-8H2,(H,15,16). The Morgan fingerprint density at radius 3 is 2.16 bits per heavy atom. The SMILES string of the molecule is O=C(O)C(c1ccc(O)cc1)C1CCS(=O)(=O)CC1. The summed E-state index contributed by atoms with van der Waals surface area (Å²) in [5.41, 5.74) is 0.606. The van der Waals surface area contributed by atoms with Crippen LogP contribution in [-0.2, 0) is 14.6 Å². The molecule has 0 saturated carbocycles. The molecule has 1 unspecified atom stereocenters. The predicted molar refractivity (Wildman–Crippen MR) is 69.9 cm³/mol. The molecule has 0 amide bonds. The number of aliphatic carboxylic acids is 1. The Bertz CT molecular complexity index is 547. The molecule has 0 bridgehead atoms.